The molecule has 1 N–H and O–H groups in total. The molecular weight excluding hydrogens is 302 g/mol. The summed E-state index contributed by atoms with van der Waals surface area (Å²) in [5, 5.41) is 3.55. The molecule has 0 bridgehead atoms. The lowest BCUT2D eigenvalue weighted by Crippen LogP contribution is -2.30. The van der Waals surface area contributed by atoms with E-state index in [-0.39, 0.29) is 11.2 Å². The number of nitrogens with one attached hydrogen (secondary N) is 1. The third-order valence-electron chi connectivity index (χ3n) is 3.21. The Morgan fingerprint density at radius 1 is 1.19 bits per heavy atom. The number of thioether (sulfide) groups is 1. The molecule has 0 saturated carbocycles. The molecule has 0 radical (unpaired) electrons. The van der Waals surface area contributed by atoms with Crippen molar-refractivity contribution in [2.75, 3.05) is 0 Å². The van der Waals surface area contributed by atoms with E-state index in [1.807, 2.05) is 62.4 Å². The van der Waals surface area contributed by atoms with Crippen molar-refractivity contribution in [1.29, 1.82) is 0 Å². The first-order valence-electron chi connectivity index (χ1n) is 6.80. The fourth-order valence-electron chi connectivity index (χ4n) is 1.91. The van der Waals surface area contributed by atoms with Crippen LogP contribution in [-0.2, 0) is 11.3 Å². The Bertz CT molecular complexity index is 612. The van der Waals surface area contributed by atoms with Gasteiger partial charge in [-0.25, -0.2) is 0 Å². The van der Waals surface area contributed by atoms with Crippen molar-refractivity contribution in [3.05, 3.63) is 64.7 Å². The summed E-state index contributed by atoms with van der Waals surface area (Å²) < 4.78 is 0. The molecule has 0 aliphatic rings. The zero-order chi connectivity index (χ0) is 15.2. The summed E-state index contributed by atoms with van der Waals surface area (Å²) in [6.07, 6.45) is 0. The Kier molecular flexibility index (Phi) is 5.71. The Morgan fingerprint density at radius 2 is 1.86 bits per heavy atom. The SMILES string of the molecule is Cc1ccccc1CNC(=O)[C@H](C)Sc1ccc(Cl)cc1. The molecule has 0 aliphatic heterocycles. The zero-order valence-electron chi connectivity index (χ0n) is 12.1. The summed E-state index contributed by atoms with van der Waals surface area (Å²) >= 11 is 7.38. The van der Waals surface area contributed by atoms with Gasteiger partial charge in [-0.2, -0.15) is 0 Å². The van der Waals surface area contributed by atoms with Crippen molar-refractivity contribution in [3.8, 4) is 0 Å². The predicted molar refractivity (Wildman–Crippen MR) is 89.8 cm³/mol. The van der Waals surface area contributed by atoms with E-state index in [1.165, 1.54) is 17.3 Å². The van der Waals surface area contributed by atoms with Crippen LogP contribution < -0.4 is 5.32 Å². The molecule has 1 amide bonds. The second kappa shape index (κ2) is 7.53. The van der Waals surface area contributed by atoms with E-state index in [1.54, 1.807) is 0 Å². The van der Waals surface area contributed by atoms with Crippen LogP contribution in [0.5, 0.6) is 0 Å². The van der Waals surface area contributed by atoms with E-state index in [0.717, 1.165) is 10.5 Å². The number of hydrogen-bond donors (Lipinski definition) is 1. The first-order chi connectivity index (χ1) is 10.1. The van der Waals surface area contributed by atoms with Crippen LogP contribution in [0.4, 0.5) is 0 Å². The van der Waals surface area contributed by atoms with Crippen molar-refractivity contribution in [1.82, 2.24) is 5.32 Å². The van der Waals surface area contributed by atoms with Crippen LogP contribution in [0, 0.1) is 6.92 Å². The van der Waals surface area contributed by atoms with Gasteiger partial charge in [-0.3, -0.25) is 4.79 Å². The number of rotatable bonds is 5. The Labute approximate surface area is 134 Å². The lowest BCUT2D eigenvalue weighted by molar-refractivity contribution is -0.120. The largest absolute Gasteiger partial charge is 0.351 e. The molecule has 0 heterocycles. The van der Waals surface area contributed by atoms with Gasteiger partial charge in [0.2, 0.25) is 5.91 Å². The van der Waals surface area contributed by atoms with Crippen LogP contribution in [0.2, 0.25) is 5.02 Å². The molecule has 2 rings (SSSR count). The number of aryl methyl sites for hydroxylation is 1. The summed E-state index contributed by atoms with van der Waals surface area (Å²) in [5.74, 6) is 0.0400. The van der Waals surface area contributed by atoms with Crippen molar-refractivity contribution in [2.24, 2.45) is 0 Å². The minimum Gasteiger partial charge on any atom is -0.351 e. The molecule has 0 spiro atoms. The number of halogens is 1. The molecule has 0 aromatic heterocycles. The topological polar surface area (TPSA) is 29.1 Å². The van der Waals surface area contributed by atoms with Crippen LogP contribution in [0.1, 0.15) is 18.1 Å². The van der Waals surface area contributed by atoms with Crippen LogP contribution >= 0.6 is 23.4 Å². The van der Waals surface area contributed by atoms with Gasteiger partial charge in [-0.1, -0.05) is 35.9 Å². The monoisotopic (exact) mass is 319 g/mol. The van der Waals surface area contributed by atoms with Gasteiger partial charge in [-0.05, 0) is 49.2 Å². The fraction of sp³-hybridized carbons (Fsp3) is 0.235. The van der Waals surface area contributed by atoms with Crippen LogP contribution in [-0.4, -0.2) is 11.2 Å². The van der Waals surface area contributed by atoms with Gasteiger partial charge in [0.25, 0.3) is 0 Å². The Balaban J connectivity index is 1.88. The third-order valence-corrected chi connectivity index (χ3v) is 4.57. The minimum absolute atomic E-state index is 0.0400. The van der Waals surface area contributed by atoms with E-state index in [4.69, 9.17) is 11.6 Å². The molecule has 4 heteroatoms. The van der Waals surface area contributed by atoms with Crippen molar-refractivity contribution < 1.29 is 4.79 Å². The summed E-state index contributed by atoms with van der Waals surface area (Å²) in [7, 11) is 0. The van der Waals surface area contributed by atoms with Gasteiger partial charge in [-0.15, -0.1) is 11.8 Å². The first-order valence-corrected chi connectivity index (χ1v) is 8.06. The molecule has 0 saturated heterocycles. The van der Waals surface area contributed by atoms with Crippen molar-refractivity contribution >= 4 is 29.3 Å². The maximum atomic E-state index is 12.1. The third kappa shape index (κ3) is 4.80. The fourth-order valence-corrected chi connectivity index (χ4v) is 2.92. The predicted octanol–water partition coefficient (Wildman–Crippen LogP) is 4.45. The van der Waals surface area contributed by atoms with Crippen molar-refractivity contribution in [2.45, 2.75) is 30.5 Å². The average molecular weight is 320 g/mol. The summed E-state index contributed by atoms with van der Waals surface area (Å²) in [5.41, 5.74) is 2.34. The smallest absolute Gasteiger partial charge is 0.233 e. The van der Waals surface area contributed by atoms with Crippen LogP contribution in [0.15, 0.2) is 53.4 Å². The van der Waals surface area contributed by atoms with Gasteiger partial charge >= 0.3 is 0 Å². The molecule has 2 nitrogen and oxygen atoms in total. The molecule has 0 fully saturated rings. The molecule has 110 valence electrons. The van der Waals surface area contributed by atoms with Crippen LogP contribution in [0.25, 0.3) is 0 Å². The summed E-state index contributed by atoms with van der Waals surface area (Å²) in [6, 6.07) is 15.6. The molecule has 0 unspecified atom stereocenters. The van der Waals surface area contributed by atoms with Gasteiger partial charge in [0, 0.05) is 16.5 Å². The van der Waals surface area contributed by atoms with E-state index < -0.39 is 0 Å². The second-order valence-electron chi connectivity index (χ2n) is 4.86. The maximum Gasteiger partial charge on any atom is 0.233 e. The molecule has 2 aromatic rings. The van der Waals surface area contributed by atoms with Gasteiger partial charge < -0.3 is 5.32 Å². The number of benzene rings is 2. The average Bonchev–Trinajstić information content (AvgIpc) is 2.48. The van der Waals surface area contributed by atoms with E-state index in [2.05, 4.69) is 5.32 Å². The summed E-state index contributed by atoms with van der Waals surface area (Å²) in [6.45, 7) is 4.52. The first kappa shape index (κ1) is 15.9. The number of amides is 1. The highest BCUT2D eigenvalue weighted by Crippen LogP contribution is 2.24. The normalized spacial score (nSPS) is 12.0. The molecule has 1 atom stereocenters. The van der Waals surface area contributed by atoms with Crippen LogP contribution in [0.3, 0.4) is 0 Å². The highest BCUT2D eigenvalue weighted by molar-refractivity contribution is 8.00. The second-order valence-corrected chi connectivity index (χ2v) is 6.71. The maximum absolute atomic E-state index is 12.1. The Hall–Kier alpha value is -1.45. The van der Waals surface area contributed by atoms with E-state index in [9.17, 15) is 4.79 Å². The number of hydrogen-bond acceptors (Lipinski definition) is 2. The molecule has 2 aromatic carbocycles. The van der Waals surface area contributed by atoms with E-state index in [0.29, 0.717) is 11.6 Å². The minimum atomic E-state index is -0.143. The standard InChI is InChI=1S/C17H18ClNOS/c1-12-5-3-4-6-14(12)11-19-17(20)13(2)21-16-9-7-15(18)8-10-16/h3-10,13H,11H2,1-2H3,(H,19,20)/t13-/m0/s1. The zero-order valence-corrected chi connectivity index (χ0v) is 13.7. The van der Waals surface area contributed by atoms with E-state index >= 15 is 0 Å². The van der Waals surface area contributed by atoms with Gasteiger partial charge in [0.15, 0.2) is 0 Å². The number of carbonyl (C=O) groups is 1. The molecular formula is C17H18ClNOS. The molecule has 0 aliphatic carbocycles. The highest BCUT2D eigenvalue weighted by atomic mass is 35.5. The molecule has 21 heavy (non-hydrogen) atoms. The Morgan fingerprint density at radius 3 is 2.52 bits per heavy atom. The highest BCUT2D eigenvalue weighted by Gasteiger charge is 2.14. The number of carbonyl (C=O) groups excluding carboxylic acids is 1. The van der Waals surface area contributed by atoms with Gasteiger partial charge in [0.1, 0.15) is 0 Å². The quantitative estimate of drug-likeness (QED) is 0.825. The van der Waals surface area contributed by atoms with Crippen molar-refractivity contribution in [3.63, 3.8) is 0 Å². The lowest BCUT2D eigenvalue weighted by atomic mass is 10.1. The summed E-state index contributed by atoms with van der Waals surface area (Å²) in [4.78, 5) is 13.2. The lowest BCUT2D eigenvalue weighted by Gasteiger charge is -2.13. The van der Waals surface area contributed by atoms with Gasteiger partial charge in [0.05, 0.1) is 5.25 Å².